The summed E-state index contributed by atoms with van der Waals surface area (Å²) < 4.78 is 25.4. The molecule has 0 aliphatic carbocycles. The van der Waals surface area contributed by atoms with E-state index in [0.717, 1.165) is 5.56 Å². The number of likely N-dealkylation sites (tertiary alicyclic amines) is 1. The highest BCUT2D eigenvalue weighted by Crippen LogP contribution is 2.30. The van der Waals surface area contributed by atoms with Crippen LogP contribution in [0.3, 0.4) is 0 Å². The van der Waals surface area contributed by atoms with Crippen molar-refractivity contribution in [3.05, 3.63) is 59.7 Å². The molecule has 0 saturated carbocycles. The van der Waals surface area contributed by atoms with Crippen molar-refractivity contribution in [3.8, 4) is 11.5 Å². The number of hydrogen-bond donors (Lipinski definition) is 0. The van der Waals surface area contributed by atoms with Gasteiger partial charge in [-0.3, -0.25) is 9.69 Å². The summed E-state index contributed by atoms with van der Waals surface area (Å²) in [5, 5.41) is 0. The minimum absolute atomic E-state index is 0.0623. The van der Waals surface area contributed by atoms with E-state index >= 15 is 0 Å². The van der Waals surface area contributed by atoms with E-state index in [-0.39, 0.29) is 36.1 Å². The summed E-state index contributed by atoms with van der Waals surface area (Å²) in [6, 6.07) is 12.9. The molecule has 186 valence electrons. The maximum atomic E-state index is 13.4. The molecule has 1 unspecified atom stereocenters. The number of methoxy groups -OCH3 is 2. The van der Waals surface area contributed by atoms with E-state index in [1.807, 2.05) is 30.3 Å². The van der Waals surface area contributed by atoms with Crippen LogP contribution in [0.2, 0.25) is 0 Å². The molecule has 1 amide bonds. The van der Waals surface area contributed by atoms with Gasteiger partial charge in [-0.1, -0.05) is 30.3 Å². The van der Waals surface area contributed by atoms with Crippen molar-refractivity contribution in [2.45, 2.75) is 25.5 Å². The zero-order chi connectivity index (χ0) is 25.2. The summed E-state index contributed by atoms with van der Waals surface area (Å²) in [6.45, 7) is -0.311. The summed E-state index contributed by atoms with van der Waals surface area (Å²) >= 11 is 0. The van der Waals surface area contributed by atoms with Gasteiger partial charge >= 0.3 is 18.0 Å². The largest absolute Gasteiger partial charge is 0.482 e. The van der Waals surface area contributed by atoms with Crippen LogP contribution in [0.25, 0.3) is 0 Å². The fourth-order valence-electron chi connectivity index (χ4n) is 3.55. The van der Waals surface area contributed by atoms with Gasteiger partial charge in [0.2, 0.25) is 0 Å². The highest BCUT2D eigenvalue weighted by Gasteiger charge is 2.36. The van der Waals surface area contributed by atoms with Crippen LogP contribution >= 0.6 is 0 Å². The second kappa shape index (κ2) is 12.4. The molecule has 10 nitrogen and oxygen atoms in total. The van der Waals surface area contributed by atoms with Gasteiger partial charge in [0.25, 0.3) is 0 Å². The van der Waals surface area contributed by atoms with Crippen LogP contribution in [0.15, 0.2) is 48.5 Å². The van der Waals surface area contributed by atoms with Crippen molar-refractivity contribution in [1.29, 1.82) is 0 Å². The molecule has 1 aliphatic heterocycles. The number of Topliss-reactive ketones (excluding diaryl/α,β-unsaturated/α-hetero) is 1. The zero-order valence-electron chi connectivity index (χ0n) is 19.6. The lowest BCUT2D eigenvalue weighted by Gasteiger charge is -2.24. The van der Waals surface area contributed by atoms with Crippen molar-refractivity contribution < 1.29 is 42.9 Å². The molecule has 1 saturated heterocycles. The second-order valence-electron chi connectivity index (χ2n) is 7.64. The van der Waals surface area contributed by atoms with Gasteiger partial charge in [-0.2, -0.15) is 0 Å². The van der Waals surface area contributed by atoms with E-state index in [9.17, 15) is 19.2 Å². The van der Waals surface area contributed by atoms with Crippen molar-refractivity contribution in [2.24, 2.45) is 0 Å². The normalized spacial score (nSPS) is 14.7. The lowest BCUT2D eigenvalue weighted by Crippen LogP contribution is -2.41. The molecule has 2 aromatic carbocycles. The Morgan fingerprint density at radius 2 is 1.60 bits per heavy atom. The van der Waals surface area contributed by atoms with Crippen LogP contribution in [0.5, 0.6) is 11.5 Å². The lowest BCUT2D eigenvalue weighted by atomic mass is 10.0. The number of ketones is 1. The molecule has 2 aromatic rings. The van der Waals surface area contributed by atoms with Crippen LogP contribution in [0.4, 0.5) is 4.79 Å². The summed E-state index contributed by atoms with van der Waals surface area (Å²) in [4.78, 5) is 50.5. The van der Waals surface area contributed by atoms with E-state index in [4.69, 9.17) is 14.2 Å². The Hall–Kier alpha value is -4.08. The number of ether oxygens (including phenoxy) is 5. The van der Waals surface area contributed by atoms with E-state index in [1.165, 1.54) is 37.3 Å². The SMILES string of the molecule is COC(=O)COc1ccc(C(=O)C2CCCN2C(=O)OCc2ccccc2)c(OCC(=O)OC)c1. The fraction of sp³-hybridized carbons (Fsp3) is 0.360. The maximum absolute atomic E-state index is 13.4. The predicted molar refractivity (Wildman–Crippen MR) is 122 cm³/mol. The smallest absolute Gasteiger partial charge is 0.410 e. The van der Waals surface area contributed by atoms with Crippen molar-refractivity contribution in [2.75, 3.05) is 34.0 Å². The van der Waals surface area contributed by atoms with E-state index in [1.54, 1.807) is 0 Å². The van der Waals surface area contributed by atoms with Crippen LogP contribution in [0, 0.1) is 0 Å². The third-order valence-corrected chi connectivity index (χ3v) is 5.37. The van der Waals surface area contributed by atoms with Crippen molar-refractivity contribution in [3.63, 3.8) is 0 Å². The molecule has 1 aliphatic rings. The Kier molecular flexibility index (Phi) is 9.05. The topological polar surface area (TPSA) is 118 Å². The van der Waals surface area contributed by atoms with Gasteiger partial charge in [0, 0.05) is 12.6 Å². The first-order valence-corrected chi connectivity index (χ1v) is 11.0. The molecule has 10 heteroatoms. The van der Waals surface area contributed by atoms with Gasteiger partial charge in [0.15, 0.2) is 19.0 Å². The van der Waals surface area contributed by atoms with Gasteiger partial charge in [-0.05, 0) is 30.5 Å². The molecule has 35 heavy (non-hydrogen) atoms. The van der Waals surface area contributed by atoms with E-state index in [2.05, 4.69) is 9.47 Å². The quantitative estimate of drug-likeness (QED) is 0.284. The van der Waals surface area contributed by atoms with Crippen molar-refractivity contribution >= 4 is 23.8 Å². The average Bonchev–Trinajstić information content (AvgIpc) is 3.39. The average molecular weight is 485 g/mol. The number of benzene rings is 2. The number of hydrogen-bond acceptors (Lipinski definition) is 9. The van der Waals surface area contributed by atoms with Gasteiger partial charge in [-0.25, -0.2) is 14.4 Å². The molecule has 0 aromatic heterocycles. The van der Waals surface area contributed by atoms with Gasteiger partial charge < -0.3 is 23.7 Å². The standard InChI is InChI=1S/C25H27NO9/c1-31-22(27)15-33-18-10-11-19(21(13-18)34-16-23(28)32-2)24(29)20-9-6-12-26(20)25(30)35-14-17-7-4-3-5-8-17/h3-5,7-8,10-11,13,20H,6,9,12,14-16H2,1-2H3. The second-order valence-corrected chi connectivity index (χ2v) is 7.64. The minimum Gasteiger partial charge on any atom is -0.482 e. The van der Waals surface area contributed by atoms with E-state index in [0.29, 0.717) is 19.4 Å². The Labute approximate surface area is 202 Å². The summed E-state index contributed by atoms with van der Waals surface area (Å²) in [5.74, 6) is -1.29. The van der Waals surface area contributed by atoms with Crippen LogP contribution in [-0.2, 0) is 30.4 Å². The molecule has 0 spiro atoms. The number of esters is 2. The summed E-state index contributed by atoms with van der Waals surface area (Å²) in [7, 11) is 2.45. The molecule has 0 radical (unpaired) electrons. The molecule has 1 fully saturated rings. The zero-order valence-corrected chi connectivity index (χ0v) is 19.6. The minimum atomic E-state index is -0.749. The summed E-state index contributed by atoms with van der Waals surface area (Å²) in [6.07, 6.45) is 0.506. The third kappa shape index (κ3) is 6.95. The van der Waals surface area contributed by atoms with E-state index < -0.39 is 30.7 Å². The van der Waals surface area contributed by atoms with Crippen molar-refractivity contribution in [1.82, 2.24) is 4.90 Å². The Morgan fingerprint density at radius 3 is 2.29 bits per heavy atom. The number of amides is 1. The first kappa shape index (κ1) is 25.5. The Morgan fingerprint density at radius 1 is 0.914 bits per heavy atom. The van der Waals surface area contributed by atoms with Crippen LogP contribution in [0.1, 0.15) is 28.8 Å². The van der Waals surface area contributed by atoms with Crippen LogP contribution < -0.4 is 9.47 Å². The fourth-order valence-corrected chi connectivity index (χ4v) is 3.55. The third-order valence-electron chi connectivity index (χ3n) is 5.37. The monoisotopic (exact) mass is 485 g/mol. The number of carbonyl (C=O) groups is 4. The molecule has 0 N–H and O–H groups in total. The first-order chi connectivity index (χ1) is 16.9. The van der Waals surface area contributed by atoms with Crippen LogP contribution in [-0.4, -0.2) is 68.7 Å². The molecular formula is C25H27NO9. The van der Waals surface area contributed by atoms with Gasteiger partial charge in [0.05, 0.1) is 25.8 Å². The number of nitrogens with zero attached hydrogens (tertiary/aromatic N) is 1. The molecule has 3 rings (SSSR count). The highest BCUT2D eigenvalue weighted by atomic mass is 16.6. The number of carbonyl (C=O) groups excluding carboxylic acids is 4. The molecular weight excluding hydrogens is 458 g/mol. The molecule has 1 heterocycles. The number of rotatable bonds is 10. The highest BCUT2D eigenvalue weighted by molar-refractivity contribution is 6.04. The molecule has 0 bridgehead atoms. The predicted octanol–water partition coefficient (Wildman–Crippen LogP) is 2.77. The lowest BCUT2D eigenvalue weighted by molar-refractivity contribution is -0.143. The first-order valence-electron chi connectivity index (χ1n) is 11.0. The maximum Gasteiger partial charge on any atom is 0.410 e. The summed E-state index contributed by atoms with van der Waals surface area (Å²) in [5.41, 5.74) is 0.996. The Balaban J connectivity index is 1.76. The van der Waals surface area contributed by atoms with Gasteiger partial charge in [0.1, 0.15) is 18.1 Å². The Bertz CT molecular complexity index is 1050. The van der Waals surface area contributed by atoms with Gasteiger partial charge in [-0.15, -0.1) is 0 Å². The molecule has 1 atom stereocenters.